The highest BCUT2D eigenvalue weighted by molar-refractivity contribution is 5.78. The number of nitriles is 1. The van der Waals surface area contributed by atoms with Crippen molar-refractivity contribution < 1.29 is 4.39 Å². The Morgan fingerprint density at radius 2 is 1.84 bits per heavy atom. The van der Waals surface area contributed by atoms with E-state index >= 15 is 0 Å². The highest BCUT2D eigenvalue weighted by Gasteiger charge is 2.24. The zero-order valence-electron chi connectivity index (χ0n) is 15.0. The summed E-state index contributed by atoms with van der Waals surface area (Å²) in [6.45, 7) is 4.40. The zero-order chi connectivity index (χ0) is 17.8. The fourth-order valence-electron chi connectivity index (χ4n) is 3.98. The summed E-state index contributed by atoms with van der Waals surface area (Å²) in [7, 11) is 0. The highest BCUT2D eigenvalue weighted by Crippen LogP contribution is 2.39. The highest BCUT2D eigenvalue weighted by atomic mass is 19.1. The number of allylic oxidation sites excluding steroid dienone is 1. The molecule has 2 nitrogen and oxygen atoms in total. The van der Waals surface area contributed by atoms with Crippen LogP contribution in [0.1, 0.15) is 69.2 Å². The van der Waals surface area contributed by atoms with Gasteiger partial charge in [-0.1, -0.05) is 45.2 Å². The van der Waals surface area contributed by atoms with E-state index in [1.807, 2.05) is 18.2 Å². The van der Waals surface area contributed by atoms with E-state index in [-0.39, 0.29) is 5.82 Å². The van der Waals surface area contributed by atoms with E-state index in [4.69, 9.17) is 5.26 Å². The molecule has 0 radical (unpaired) electrons. The minimum absolute atomic E-state index is 0.228. The molecule has 1 aromatic carbocycles. The molecule has 1 fully saturated rings. The molecule has 2 aromatic rings. The van der Waals surface area contributed by atoms with Gasteiger partial charge in [0.1, 0.15) is 5.82 Å². The number of rotatable bonds is 4. The standard InChI is InChI=1S/C22H25FN2/c1-16(2)22-20(9-6-14-24)21(17-10-12-18(23)13-11-17)15-25(22)19-7-4-3-5-8-19/h6,9-13,15-16,19H,3-5,7-8H2,1-2H3. The predicted molar refractivity (Wildman–Crippen MR) is 101 cm³/mol. The fourth-order valence-corrected chi connectivity index (χ4v) is 3.98. The molecule has 0 aliphatic heterocycles. The number of benzene rings is 1. The first-order chi connectivity index (χ1) is 12.1. The van der Waals surface area contributed by atoms with Crippen LogP contribution in [-0.4, -0.2) is 4.57 Å². The van der Waals surface area contributed by atoms with Crippen LogP contribution in [0.5, 0.6) is 0 Å². The molecule has 0 unspecified atom stereocenters. The first kappa shape index (κ1) is 17.5. The molecule has 0 amide bonds. The lowest BCUT2D eigenvalue weighted by Gasteiger charge is -2.27. The smallest absolute Gasteiger partial charge is 0.123 e. The molecule has 3 rings (SSSR count). The second-order valence-electron chi connectivity index (χ2n) is 7.16. The summed E-state index contributed by atoms with van der Waals surface area (Å²) in [5.74, 6) is 0.128. The maximum absolute atomic E-state index is 13.3. The average Bonchev–Trinajstić information content (AvgIpc) is 3.01. The van der Waals surface area contributed by atoms with Gasteiger partial charge in [-0.25, -0.2) is 4.39 Å². The lowest BCUT2D eigenvalue weighted by Crippen LogP contribution is -2.15. The summed E-state index contributed by atoms with van der Waals surface area (Å²) >= 11 is 0. The molecule has 0 atom stereocenters. The predicted octanol–water partition coefficient (Wildman–Crippen LogP) is 6.46. The van der Waals surface area contributed by atoms with Crippen LogP contribution in [0.15, 0.2) is 36.5 Å². The van der Waals surface area contributed by atoms with Crippen molar-refractivity contribution in [1.82, 2.24) is 4.57 Å². The molecular weight excluding hydrogens is 311 g/mol. The van der Waals surface area contributed by atoms with Crippen molar-refractivity contribution in [3.8, 4) is 17.2 Å². The van der Waals surface area contributed by atoms with Crippen LogP contribution in [0.3, 0.4) is 0 Å². The Bertz CT molecular complexity index is 785. The van der Waals surface area contributed by atoms with Gasteiger partial charge in [-0.05, 0) is 42.5 Å². The Balaban J connectivity index is 2.17. The van der Waals surface area contributed by atoms with Gasteiger partial charge in [-0.2, -0.15) is 5.26 Å². The van der Waals surface area contributed by atoms with E-state index in [1.165, 1.54) is 49.9 Å². The minimum Gasteiger partial charge on any atom is -0.347 e. The maximum Gasteiger partial charge on any atom is 0.123 e. The summed E-state index contributed by atoms with van der Waals surface area (Å²) in [5, 5.41) is 9.02. The Hall–Kier alpha value is -2.34. The van der Waals surface area contributed by atoms with Crippen molar-refractivity contribution >= 4 is 6.08 Å². The molecule has 0 bridgehead atoms. The van der Waals surface area contributed by atoms with E-state index in [2.05, 4.69) is 30.7 Å². The van der Waals surface area contributed by atoms with Crippen LogP contribution < -0.4 is 0 Å². The van der Waals surface area contributed by atoms with E-state index in [0.29, 0.717) is 12.0 Å². The molecule has 130 valence electrons. The molecular formula is C22H25FN2. The van der Waals surface area contributed by atoms with Gasteiger partial charge in [0.25, 0.3) is 0 Å². The molecule has 1 aromatic heterocycles. The molecule has 0 spiro atoms. The maximum atomic E-state index is 13.3. The Morgan fingerprint density at radius 3 is 2.44 bits per heavy atom. The molecule has 1 heterocycles. The van der Waals surface area contributed by atoms with Crippen LogP contribution >= 0.6 is 0 Å². The SMILES string of the molecule is CC(C)c1c(C=CC#N)c(-c2ccc(F)cc2)cn1C1CCCCC1. The van der Waals surface area contributed by atoms with Crippen LogP contribution in [0, 0.1) is 17.1 Å². The molecule has 0 N–H and O–H groups in total. The van der Waals surface area contributed by atoms with Gasteiger partial charge in [0.2, 0.25) is 0 Å². The Morgan fingerprint density at radius 1 is 1.16 bits per heavy atom. The lowest BCUT2D eigenvalue weighted by atomic mass is 9.94. The molecule has 0 saturated heterocycles. The molecule has 1 aliphatic carbocycles. The van der Waals surface area contributed by atoms with Crippen molar-refractivity contribution in [2.45, 2.75) is 57.9 Å². The van der Waals surface area contributed by atoms with Crippen molar-refractivity contribution in [2.24, 2.45) is 0 Å². The lowest BCUT2D eigenvalue weighted by molar-refractivity contribution is 0.345. The third kappa shape index (κ3) is 3.69. The molecule has 3 heteroatoms. The number of hydrogen-bond acceptors (Lipinski definition) is 1. The van der Waals surface area contributed by atoms with Crippen molar-refractivity contribution in [2.75, 3.05) is 0 Å². The number of aromatic nitrogens is 1. The van der Waals surface area contributed by atoms with E-state index in [1.54, 1.807) is 6.08 Å². The molecule has 1 saturated carbocycles. The van der Waals surface area contributed by atoms with Gasteiger partial charge in [0, 0.05) is 35.1 Å². The van der Waals surface area contributed by atoms with Crippen molar-refractivity contribution in [3.05, 3.63) is 53.6 Å². The Labute approximate surface area is 149 Å². The zero-order valence-corrected chi connectivity index (χ0v) is 15.0. The van der Waals surface area contributed by atoms with Crippen LogP contribution in [-0.2, 0) is 0 Å². The minimum atomic E-state index is -0.228. The summed E-state index contributed by atoms with van der Waals surface area (Å²) in [5.41, 5.74) is 4.45. The van der Waals surface area contributed by atoms with Gasteiger partial charge in [0.05, 0.1) is 6.07 Å². The van der Waals surface area contributed by atoms with E-state index in [9.17, 15) is 4.39 Å². The van der Waals surface area contributed by atoms with Crippen LogP contribution in [0.4, 0.5) is 4.39 Å². The van der Waals surface area contributed by atoms with Gasteiger partial charge >= 0.3 is 0 Å². The molecule has 1 aliphatic rings. The second kappa shape index (κ2) is 7.70. The largest absolute Gasteiger partial charge is 0.347 e. The van der Waals surface area contributed by atoms with Gasteiger partial charge < -0.3 is 4.57 Å². The third-order valence-corrected chi connectivity index (χ3v) is 5.11. The first-order valence-electron chi connectivity index (χ1n) is 9.18. The fraction of sp³-hybridized carbons (Fsp3) is 0.409. The first-order valence-corrected chi connectivity index (χ1v) is 9.18. The number of hydrogen-bond donors (Lipinski definition) is 0. The normalized spacial score (nSPS) is 15.8. The quantitative estimate of drug-likeness (QED) is 0.589. The van der Waals surface area contributed by atoms with Gasteiger partial charge in [-0.15, -0.1) is 0 Å². The van der Waals surface area contributed by atoms with Crippen LogP contribution in [0.2, 0.25) is 0 Å². The summed E-state index contributed by atoms with van der Waals surface area (Å²) in [4.78, 5) is 0. The van der Waals surface area contributed by atoms with E-state index in [0.717, 1.165) is 16.7 Å². The van der Waals surface area contributed by atoms with Crippen LogP contribution in [0.25, 0.3) is 17.2 Å². The monoisotopic (exact) mass is 336 g/mol. The number of halogens is 1. The summed E-state index contributed by atoms with van der Waals surface area (Å²) < 4.78 is 15.8. The topological polar surface area (TPSA) is 28.7 Å². The van der Waals surface area contributed by atoms with Gasteiger partial charge in [-0.3, -0.25) is 0 Å². The second-order valence-corrected chi connectivity index (χ2v) is 7.16. The number of nitrogens with zero attached hydrogens (tertiary/aromatic N) is 2. The Kier molecular flexibility index (Phi) is 5.38. The summed E-state index contributed by atoms with van der Waals surface area (Å²) in [6, 6.07) is 9.28. The third-order valence-electron chi connectivity index (χ3n) is 5.11. The van der Waals surface area contributed by atoms with Gasteiger partial charge in [0.15, 0.2) is 0 Å². The summed E-state index contributed by atoms with van der Waals surface area (Å²) in [6.07, 6.45) is 12.0. The molecule has 25 heavy (non-hydrogen) atoms. The van der Waals surface area contributed by atoms with Crippen molar-refractivity contribution in [3.63, 3.8) is 0 Å². The van der Waals surface area contributed by atoms with Crippen molar-refractivity contribution in [1.29, 1.82) is 5.26 Å². The average molecular weight is 336 g/mol. The van der Waals surface area contributed by atoms with E-state index < -0.39 is 0 Å².